The molecule has 1 aromatic rings. The van der Waals surface area contributed by atoms with Crippen molar-refractivity contribution < 1.29 is 4.79 Å². The molecule has 0 saturated carbocycles. The van der Waals surface area contributed by atoms with Crippen LogP contribution in [0.3, 0.4) is 0 Å². The van der Waals surface area contributed by atoms with Gasteiger partial charge in [0, 0.05) is 25.0 Å². The molecule has 0 aliphatic heterocycles. The normalized spacial score (nSPS) is 11.8. The van der Waals surface area contributed by atoms with Gasteiger partial charge in [-0.1, -0.05) is 0 Å². The number of nitrogens with zero attached hydrogens (tertiary/aromatic N) is 1. The van der Waals surface area contributed by atoms with Crippen molar-refractivity contribution in [2.24, 2.45) is 0 Å². The molecule has 0 aliphatic carbocycles. The third kappa shape index (κ3) is 4.95. The molecule has 0 radical (unpaired) electrons. The fourth-order valence-electron chi connectivity index (χ4n) is 1.40. The molecule has 98 valence electrons. The minimum Gasteiger partial charge on any atom is -0.344 e. The van der Waals surface area contributed by atoms with Crippen molar-refractivity contribution in [2.75, 3.05) is 27.2 Å². The number of carbonyl (C=O) groups excluding carboxylic acids is 1. The van der Waals surface area contributed by atoms with E-state index in [-0.39, 0.29) is 24.2 Å². The minimum atomic E-state index is -0.0573. The predicted molar refractivity (Wildman–Crippen MR) is 79.2 cm³/mol. The van der Waals surface area contributed by atoms with Crippen LogP contribution in [0.15, 0.2) is 15.9 Å². The van der Waals surface area contributed by atoms with Gasteiger partial charge in [0.15, 0.2) is 0 Å². The molecule has 1 rings (SSSR count). The second kappa shape index (κ2) is 8.08. The Kier molecular flexibility index (Phi) is 8.03. The molecular weight excluding hydrogens is 324 g/mol. The maximum atomic E-state index is 12.0. The van der Waals surface area contributed by atoms with E-state index in [1.165, 1.54) is 0 Å². The highest BCUT2D eigenvalue weighted by Gasteiger charge is 2.20. The van der Waals surface area contributed by atoms with Crippen LogP contribution in [0.2, 0.25) is 0 Å². The Balaban J connectivity index is 0.00000256. The number of halogens is 2. The lowest BCUT2D eigenvalue weighted by Crippen LogP contribution is -2.35. The highest BCUT2D eigenvalue weighted by Crippen LogP contribution is 2.29. The third-order valence-electron chi connectivity index (χ3n) is 2.46. The van der Waals surface area contributed by atoms with Gasteiger partial charge in [-0.05, 0) is 42.0 Å². The number of hydrogen-bond donors (Lipinski definition) is 1. The molecule has 1 aromatic heterocycles. The Labute approximate surface area is 121 Å². The van der Waals surface area contributed by atoms with Crippen molar-refractivity contribution in [3.05, 3.63) is 20.8 Å². The van der Waals surface area contributed by atoms with E-state index >= 15 is 0 Å². The molecular formula is C11H18BrClN2OS. The molecule has 1 amide bonds. The molecule has 3 nitrogen and oxygen atoms in total. The number of likely N-dealkylation sites (N-methyl/N-ethyl adjacent to an activating group) is 2. The SMILES string of the molecule is CNCCN(C)C(=O)C(C)c1ccc(Br)s1.Cl. The minimum absolute atomic E-state index is 0. The predicted octanol–water partition coefficient (Wildman–Crippen LogP) is 2.71. The van der Waals surface area contributed by atoms with Crippen molar-refractivity contribution in [2.45, 2.75) is 12.8 Å². The Hall–Kier alpha value is -0.100. The maximum Gasteiger partial charge on any atom is 0.230 e. The van der Waals surface area contributed by atoms with E-state index in [1.807, 2.05) is 33.2 Å². The third-order valence-corrected chi connectivity index (χ3v) is 4.27. The maximum absolute atomic E-state index is 12.0. The largest absolute Gasteiger partial charge is 0.344 e. The highest BCUT2D eigenvalue weighted by atomic mass is 79.9. The molecule has 6 heteroatoms. The van der Waals surface area contributed by atoms with Gasteiger partial charge in [0.25, 0.3) is 0 Å². The Morgan fingerprint density at radius 1 is 1.59 bits per heavy atom. The van der Waals surface area contributed by atoms with Crippen LogP contribution in [0.25, 0.3) is 0 Å². The molecule has 1 atom stereocenters. The first-order chi connectivity index (χ1) is 7.56. The van der Waals surface area contributed by atoms with E-state index in [1.54, 1.807) is 16.2 Å². The zero-order valence-corrected chi connectivity index (χ0v) is 13.4. The van der Waals surface area contributed by atoms with E-state index in [2.05, 4.69) is 21.2 Å². The molecule has 0 aliphatic rings. The van der Waals surface area contributed by atoms with Crippen molar-refractivity contribution in [3.8, 4) is 0 Å². The molecule has 1 heterocycles. The number of hydrogen-bond acceptors (Lipinski definition) is 3. The fourth-order valence-corrected chi connectivity index (χ4v) is 2.87. The first kappa shape index (κ1) is 16.9. The summed E-state index contributed by atoms with van der Waals surface area (Å²) in [4.78, 5) is 14.9. The smallest absolute Gasteiger partial charge is 0.230 e. The van der Waals surface area contributed by atoms with Crippen molar-refractivity contribution in [3.63, 3.8) is 0 Å². The average molecular weight is 342 g/mol. The topological polar surface area (TPSA) is 32.3 Å². The number of carbonyl (C=O) groups is 1. The number of thiophene rings is 1. The van der Waals surface area contributed by atoms with Gasteiger partial charge in [0.2, 0.25) is 5.91 Å². The quantitative estimate of drug-likeness (QED) is 0.893. The number of amides is 1. The van der Waals surface area contributed by atoms with Crippen molar-refractivity contribution in [1.29, 1.82) is 0 Å². The summed E-state index contributed by atoms with van der Waals surface area (Å²) in [6.07, 6.45) is 0. The molecule has 0 fully saturated rings. The molecule has 0 saturated heterocycles. The van der Waals surface area contributed by atoms with Crippen LogP contribution in [-0.2, 0) is 4.79 Å². The van der Waals surface area contributed by atoms with Crippen molar-refractivity contribution in [1.82, 2.24) is 10.2 Å². The number of nitrogens with one attached hydrogen (secondary N) is 1. The molecule has 17 heavy (non-hydrogen) atoms. The molecule has 1 N–H and O–H groups in total. The lowest BCUT2D eigenvalue weighted by Gasteiger charge is -2.20. The van der Waals surface area contributed by atoms with Crippen LogP contribution in [-0.4, -0.2) is 38.0 Å². The van der Waals surface area contributed by atoms with Gasteiger partial charge >= 0.3 is 0 Å². The van der Waals surface area contributed by atoms with Crippen LogP contribution < -0.4 is 5.32 Å². The highest BCUT2D eigenvalue weighted by molar-refractivity contribution is 9.11. The number of rotatable bonds is 5. The molecule has 0 aromatic carbocycles. The fraction of sp³-hybridized carbons (Fsp3) is 0.545. The summed E-state index contributed by atoms with van der Waals surface area (Å²) in [5, 5.41) is 3.04. The van der Waals surface area contributed by atoms with Crippen LogP contribution in [0.4, 0.5) is 0 Å². The van der Waals surface area contributed by atoms with Crippen LogP contribution >= 0.6 is 39.7 Å². The van der Waals surface area contributed by atoms with Gasteiger partial charge in [-0.25, -0.2) is 0 Å². The van der Waals surface area contributed by atoms with Gasteiger partial charge in [-0.2, -0.15) is 0 Å². The summed E-state index contributed by atoms with van der Waals surface area (Å²) in [7, 11) is 3.73. The second-order valence-electron chi connectivity index (χ2n) is 3.73. The van der Waals surface area contributed by atoms with Crippen LogP contribution in [0.5, 0.6) is 0 Å². The van der Waals surface area contributed by atoms with Crippen LogP contribution in [0.1, 0.15) is 17.7 Å². The van der Waals surface area contributed by atoms with Crippen LogP contribution in [0, 0.1) is 0 Å². The van der Waals surface area contributed by atoms with E-state index in [4.69, 9.17) is 0 Å². The van der Waals surface area contributed by atoms with Crippen molar-refractivity contribution >= 4 is 45.6 Å². The summed E-state index contributed by atoms with van der Waals surface area (Å²) < 4.78 is 1.07. The summed E-state index contributed by atoms with van der Waals surface area (Å²) >= 11 is 5.03. The molecule has 0 spiro atoms. The first-order valence-electron chi connectivity index (χ1n) is 5.21. The monoisotopic (exact) mass is 340 g/mol. The van der Waals surface area contributed by atoms with E-state index in [0.29, 0.717) is 0 Å². The van der Waals surface area contributed by atoms with E-state index < -0.39 is 0 Å². The zero-order valence-electron chi connectivity index (χ0n) is 10.2. The first-order valence-corrected chi connectivity index (χ1v) is 6.82. The molecule has 0 bridgehead atoms. The van der Waals surface area contributed by atoms with Gasteiger partial charge < -0.3 is 10.2 Å². The Morgan fingerprint density at radius 2 is 2.24 bits per heavy atom. The lowest BCUT2D eigenvalue weighted by molar-refractivity contribution is -0.131. The lowest BCUT2D eigenvalue weighted by atomic mass is 10.1. The standard InChI is InChI=1S/C11H17BrN2OS.ClH/c1-8(9-4-5-10(12)16-9)11(15)14(3)7-6-13-2;/h4-5,8,13H,6-7H2,1-3H3;1H. The Bertz CT molecular complexity index is 359. The second-order valence-corrected chi connectivity index (χ2v) is 6.22. The van der Waals surface area contributed by atoms with Gasteiger partial charge in [0.05, 0.1) is 9.70 Å². The Morgan fingerprint density at radius 3 is 2.71 bits per heavy atom. The zero-order chi connectivity index (χ0) is 12.1. The van der Waals surface area contributed by atoms with Gasteiger partial charge in [-0.3, -0.25) is 4.79 Å². The summed E-state index contributed by atoms with van der Waals surface area (Å²) in [5.74, 6) is 0.114. The average Bonchev–Trinajstić information content (AvgIpc) is 2.70. The van der Waals surface area contributed by atoms with E-state index in [9.17, 15) is 4.79 Å². The van der Waals surface area contributed by atoms with Gasteiger partial charge in [-0.15, -0.1) is 23.7 Å². The van der Waals surface area contributed by atoms with Gasteiger partial charge in [0.1, 0.15) is 0 Å². The summed E-state index contributed by atoms with van der Waals surface area (Å²) in [6.45, 7) is 3.52. The summed E-state index contributed by atoms with van der Waals surface area (Å²) in [5.41, 5.74) is 0. The van der Waals surface area contributed by atoms with E-state index in [0.717, 1.165) is 21.8 Å². The summed E-state index contributed by atoms with van der Waals surface area (Å²) in [6, 6.07) is 3.99. The molecule has 1 unspecified atom stereocenters.